The fraction of sp³-hybridized carbons (Fsp3) is 0.381. The monoisotopic (exact) mass is 392 g/mol. The van der Waals surface area contributed by atoms with Crippen molar-refractivity contribution in [2.24, 2.45) is 17.6 Å². The molecule has 3 N–H and O–H groups in total. The molecule has 1 aliphatic carbocycles. The van der Waals surface area contributed by atoms with Crippen molar-refractivity contribution in [1.29, 1.82) is 0 Å². The molecule has 0 saturated heterocycles. The molecular formula is C21H26ClFN2O2. The number of carbonyl (C=O) groups is 1. The van der Waals surface area contributed by atoms with Gasteiger partial charge in [0.1, 0.15) is 18.2 Å². The van der Waals surface area contributed by atoms with Gasteiger partial charge in [-0.25, -0.2) is 4.39 Å². The fourth-order valence-electron chi connectivity index (χ4n) is 3.48. The van der Waals surface area contributed by atoms with Gasteiger partial charge in [-0.05, 0) is 60.7 Å². The molecule has 146 valence electrons. The number of amides is 1. The molecule has 0 heterocycles. The van der Waals surface area contributed by atoms with E-state index < -0.39 is 0 Å². The van der Waals surface area contributed by atoms with Gasteiger partial charge in [0.2, 0.25) is 5.91 Å². The van der Waals surface area contributed by atoms with E-state index >= 15 is 0 Å². The molecule has 0 aliphatic heterocycles. The summed E-state index contributed by atoms with van der Waals surface area (Å²) in [5.41, 5.74) is 7.55. The van der Waals surface area contributed by atoms with Gasteiger partial charge in [-0.15, -0.1) is 12.4 Å². The molecule has 1 aliphatic rings. The molecule has 6 heteroatoms. The molecule has 0 bridgehead atoms. The maximum absolute atomic E-state index is 13.2. The lowest BCUT2D eigenvalue weighted by Gasteiger charge is -2.17. The van der Waals surface area contributed by atoms with Crippen molar-refractivity contribution >= 4 is 18.3 Å². The number of carbonyl (C=O) groups excluding carboxylic acids is 1. The van der Waals surface area contributed by atoms with Crippen molar-refractivity contribution in [3.8, 4) is 5.75 Å². The first kappa shape index (κ1) is 21.2. The Kier molecular flexibility index (Phi) is 8.07. The van der Waals surface area contributed by atoms with Gasteiger partial charge < -0.3 is 15.8 Å². The van der Waals surface area contributed by atoms with Crippen molar-refractivity contribution < 1.29 is 13.9 Å². The van der Waals surface area contributed by atoms with Gasteiger partial charge in [-0.1, -0.05) is 30.7 Å². The molecule has 2 aromatic rings. The predicted octanol–water partition coefficient (Wildman–Crippen LogP) is 3.82. The van der Waals surface area contributed by atoms with Crippen molar-refractivity contribution in [2.45, 2.75) is 32.4 Å². The maximum atomic E-state index is 13.2. The number of nitrogens with two attached hydrogens (primary N) is 1. The smallest absolute Gasteiger partial charge is 0.223 e. The van der Waals surface area contributed by atoms with E-state index in [2.05, 4.69) is 5.32 Å². The van der Waals surface area contributed by atoms with Crippen LogP contribution in [0.1, 0.15) is 30.4 Å². The number of halogens is 2. The van der Waals surface area contributed by atoms with Crippen LogP contribution in [-0.4, -0.2) is 12.5 Å². The maximum Gasteiger partial charge on any atom is 0.223 e. The normalized spacial score (nSPS) is 18.6. The van der Waals surface area contributed by atoms with Gasteiger partial charge in [-0.2, -0.15) is 0 Å². The molecule has 2 aromatic carbocycles. The molecular weight excluding hydrogens is 367 g/mol. The second kappa shape index (κ2) is 10.3. The molecule has 3 rings (SSSR count). The molecule has 1 saturated carbocycles. The van der Waals surface area contributed by atoms with Gasteiger partial charge >= 0.3 is 0 Å². The second-order valence-electron chi connectivity index (χ2n) is 6.81. The van der Waals surface area contributed by atoms with Crippen LogP contribution < -0.4 is 15.8 Å². The number of ether oxygens (including phenoxy) is 1. The zero-order chi connectivity index (χ0) is 18.4. The Morgan fingerprint density at radius 3 is 2.63 bits per heavy atom. The average molecular weight is 393 g/mol. The highest BCUT2D eigenvalue weighted by Gasteiger charge is 2.31. The summed E-state index contributed by atoms with van der Waals surface area (Å²) >= 11 is 0. The van der Waals surface area contributed by atoms with E-state index in [1.54, 1.807) is 6.07 Å². The van der Waals surface area contributed by atoms with E-state index in [9.17, 15) is 9.18 Å². The van der Waals surface area contributed by atoms with E-state index in [-0.39, 0.29) is 30.0 Å². The highest BCUT2D eigenvalue weighted by molar-refractivity contribution is 5.85. The number of hydrogen-bond acceptors (Lipinski definition) is 3. The molecule has 1 fully saturated rings. The largest absolute Gasteiger partial charge is 0.489 e. The lowest BCUT2D eigenvalue weighted by atomic mass is 9.95. The molecule has 0 aromatic heterocycles. The van der Waals surface area contributed by atoms with Crippen LogP contribution in [0, 0.1) is 17.7 Å². The van der Waals surface area contributed by atoms with Crippen LogP contribution in [0.2, 0.25) is 0 Å². The Labute approximate surface area is 165 Å². The molecule has 0 spiro atoms. The molecule has 4 nitrogen and oxygen atoms in total. The van der Waals surface area contributed by atoms with Gasteiger partial charge in [0.15, 0.2) is 0 Å². The lowest BCUT2D eigenvalue weighted by molar-refractivity contribution is -0.126. The van der Waals surface area contributed by atoms with E-state index in [0.29, 0.717) is 31.4 Å². The standard InChI is InChI=1S/C21H25FN2O2.ClH/c22-18-5-1-3-16(11-18)14-26-19-9-7-15(8-10-19)13-24-21(25)20-6-2-4-17(20)12-23;/h1,3,5,7-11,17,20H,2,4,6,12-14,23H2,(H,24,25);1H/t17-,20-;/m1./s1. The third-order valence-corrected chi connectivity index (χ3v) is 4.98. The summed E-state index contributed by atoms with van der Waals surface area (Å²) in [4.78, 5) is 12.3. The summed E-state index contributed by atoms with van der Waals surface area (Å²) in [5, 5.41) is 3.01. The Morgan fingerprint density at radius 1 is 1.15 bits per heavy atom. The van der Waals surface area contributed by atoms with Crippen LogP contribution in [0.5, 0.6) is 5.75 Å². The topological polar surface area (TPSA) is 64.4 Å². The Bertz CT molecular complexity index is 739. The lowest BCUT2D eigenvalue weighted by Crippen LogP contribution is -2.34. The van der Waals surface area contributed by atoms with Gasteiger partial charge in [0.05, 0.1) is 0 Å². The minimum absolute atomic E-state index is 0. The van der Waals surface area contributed by atoms with Crippen LogP contribution >= 0.6 is 12.4 Å². The fourth-order valence-corrected chi connectivity index (χ4v) is 3.48. The van der Waals surface area contributed by atoms with Crippen LogP contribution in [0.4, 0.5) is 4.39 Å². The summed E-state index contributed by atoms with van der Waals surface area (Å²) in [6, 6.07) is 13.9. The van der Waals surface area contributed by atoms with Crippen LogP contribution in [0.25, 0.3) is 0 Å². The summed E-state index contributed by atoms with van der Waals surface area (Å²) in [5.74, 6) is 0.909. The quantitative estimate of drug-likeness (QED) is 0.752. The first-order chi connectivity index (χ1) is 12.7. The highest BCUT2D eigenvalue weighted by Crippen LogP contribution is 2.31. The van der Waals surface area contributed by atoms with E-state index in [1.165, 1.54) is 12.1 Å². The zero-order valence-corrected chi connectivity index (χ0v) is 16.0. The highest BCUT2D eigenvalue weighted by atomic mass is 35.5. The van der Waals surface area contributed by atoms with Gasteiger partial charge in [-0.3, -0.25) is 4.79 Å². The van der Waals surface area contributed by atoms with Crippen molar-refractivity contribution in [2.75, 3.05) is 6.54 Å². The molecule has 1 amide bonds. The van der Waals surface area contributed by atoms with Crippen LogP contribution in [0.15, 0.2) is 48.5 Å². The number of rotatable bonds is 7. The van der Waals surface area contributed by atoms with Gasteiger partial charge in [0, 0.05) is 12.5 Å². The number of nitrogens with one attached hydrogen (secondary N) is 1. The molecule has 0 radical (unpaired) electrons. The van der Waals surface area contributed by atoms with E-state index in [1.807, 2.05) is 30.3 Å². The molecule has 2 atom stereocenters. The summed E-state index contributed by atoms with van der Waals surface area (Å²) in [6.07, 6.45) is 3.06. The van der Waals surface area contributed by atoms with E-state index in [4.69, 9.17) is 10.5 Å². The SMILES string of the molecule is Cl.NC[C@H]1CCC[C@H]1C(=O)NCc1ccc(OCc2cccc(F)c2)cc1. The van der Waals surface area contributed by atoms with Crippen molar-refractivity contribution in [3.05, 3.63) is 65.5 Å². The Hall–Kier alpha value is -2.11. The molecule has 27 heavy (non-hydrogen) atoms. The first-order valence-corrected chi connectivity index (χ1v) is 9.09. The zero-order valence-electron chi connectivity index (χ0n) is 15.2. The first-order valence-electron chi connectivity index (χ1n) is 9.09. The summed E-state index contributed by atoms with van der Waals surface area (Å²) in [7, 11) is 0. The Morgan fingerprint density at radius 2 is 1.93 bits per heavy atom. The third kappa shape index (κ3) is 5.94. The average Bonchev–Trinajstić information content (AvgIpc) is 3.14. The number of hydrogen-bond donors (Lipinski definition) is 2. The molecule has 0 unspecified atom stereocenters. The van der Waals surface area contributed by atoms with Crippen molar-refractivity contribution in [3.63, 3.8) is 0 Å². The predicted molar refractivity (Wildman–Crippen MR) is 106 cm³/mol. The summed E-state index contributed by atoms with van der Waals surface area (Å²) < 4.78 is 18.8. The number of benzene rings is 2. The van der Waals surface area contributed by atoms with Gasteiger partial charge in [0.25, 0.3) is 0 Å². The van der Waals surface area contributed by atoms with Crippen LogP contribution in [0.3, 0.4) is 0 Å². The minimum Gasteiger partial charge on any atom is -0.489 e. The van der Waals surface area contributed by atoms with Crippen molar-refractivity contribution in [1.82, 2.24) is 5.32 Å². The summed E-state index contributed by atoms with van der Waals surface area (Å²) in [6.45, 7) is 1.39. The second-order valence-corrected chi connectivity index (χ2v) is 6.81. The third-order valence-electron chi connectivity index (χ3n) is 4.98. The Balaban J connectivity index is 0.00000261. The minimum atomic E-state index is -0.267. The van der Waals surface area contributed by atoms with E-state index in [0.717, 1.165) is 30.4 Å². The van der Waals surface area contributed by atoms with Crippen LogP contribution in [-0.2, 0) is 17.9 Å².